The minimum absolute atomic E-state index is 0.133. The molecule has 4 nitrogen and oxygen atoms in total. The van der Waals surface area contributed by atoms with Crippen LogP contribution in [0.3, 0.4) is 0 Å². The van der Waals surface area contributed by atoms with Crippen LogP contribution in [0.15, 0.2) is 4.79 Å². The number of nitrogens with one attached hydrogen (secondary N) is 1. The largest absolute Gasteiger partial charge is 0.323 e. The highest BCUT2D eigenvalue weighted by Gasteiger charge is 2.26. The highest BCUT2D eigenvalue weighted by molar-refractivity contribution is 7.71. The lowest BCUT2D eigenvalue weighted by Crippen LogP contribution is -2.28. The summed E-state index contributed by atoms with van der Waals surface area (Å²) in [6, 6.07) is 0.217. The van der Waals surface area contributed by atoms with Crippen molar-refractivity contribution in [3.05, 3.63) is 25.6 Å². The number of fused-ring (bicyclic) bond motifs is 3. The SMILES string of the molecule is CN1CCC(n2c(=S)[nH]c3sc4c(c3c2=O)CCCC4)C1. The summed E-state index contributed by atoms with van der Waals surface area (Å²) in [5.74, 6) is 0. The minimum Gasteiger partial charge on any atom is -0.323 e. The van der Waals surface area contributed by atoms with Crippen molar-refractivity contribution >= 4 is 33.8 Å². The number of rotatable bonds is 1. The fraction of sp³-hybridized carbons (Fsp3) is 0.600. The number of hydrogen-bond donors (Lipinski definition) is 1. The quantitative estimate of drug-likeness (QED) is 0.821. The molecule has 1 aliphatic heterocycles. The first-order valence-electron chi connectivity index (χ1n) is 7.63. The van der Waals surface area contributed by atoms with Crippen LogP contribution < -0.4 is 5.56 Å². The van der Waals surface area contributed by atoms with E-state index >= 15 is 0 Å². The van der Waals surface area contributed by atoms with Gasteiger partial charge in [0.1, 0.15) is 4.83 Å². The number of aromatic amines is 1. The second-order valence-corrected chi connectivity index (χ2v) is 7.72. The van der Waals surface area contributed by atoms with Crippen LogP contribution in [0.25, 0.3) is 10.2 Å². The summed E-state index contributed by atoms with van der Waals surface area (Å²) >= 11 is 7.21. The molecule has 2 aromatic heterocycles. The van der Waals surface area contributed by atoms with Gasteiger partial charge in [-0.25, -0.2) is 0 Å². The van der Waals surface area contributed by atoms with Gasteiger partial charge in [0.2, 0.25) is 0 Å². The Morgan fingerprint density at radius 3 is 2.90 bits per heavy atom. The Balaban J connectivity index is 1.96. The number of likely N-dealkylation sites (tertiary alicyclic amines) is 1. The van der Waals surface area contributed by atoms with Crippen LogP contribution in [-0.4, -0.2) is 34.6 Å². The number of likely N-dealkylation sites (N-methyl/N-ethyl adjacent to an activating group) is 1. The fourth-order valence-electron chi connectivity index (χ4n) is 3.70. The van der Waals surface area contributed by atoms with Crippen molar-refractivity contribution in [2.75, 3.05) is 20.1 Å². The molecule has 21 heavy (non-hydrogen) atoms. The van der Waals surface area contributed by atoms with Crippen molar-refractivity contribution in [3.8, 4) is 0 Å². The van der Waals surface area contributed by atoms with E-state index in [1.165, 1.54) is 23.3 Å². The van der Waals surface area contributed by atoms with Gasteiger partial charge < -0.3 is 9.88 Å². The van der Waals surface area contributed by atoms with E-state index in [-0.39, 0.29) is 11.6 Å². The van der Waals surface area contributed by atoms with Crippen LogP contribution in [0.1, 0.15) is 35.7 Å². The van der Waals surface area contributed by atoms with E-state index in [2.05, 4.69) is 16.9 Å². The summed E-state index contributed by atoms with van der Waals surface area (Å²) < 4.78 is 2.43. The molecule has 0 amide bonds. The summed E-state index contributed by atoms with van der Waals surface area (Å²) in [5, 5.41) is 0.915. The summed E-state index contributed by atoms with van der Waals surface area (Å²) in [7, 11) is 2.10. The molecule has 0 spiro atoms. The van der Waals surface area contributed by atoms with Crippen molar-refractivity contribution < 1.29 is 0 Å². The molecule has 0 radical (unpaired) electrons. The zero-order valence-electron chi connectivity index (χ0n) is 12.1. The van der Waals surface area contributed by atoms with Crippen molar-refractivity contribution in [2.24, 2.45) is 0 Å². The van der Waals surface area contributed by atoms with Crippen LogP contribution in [0.2, 0.25) is 0 Å². The standard InChI is InChI=1S/C15H19N3OS2/c1-17-7-6-9(8-17)18-14(19)12-10-4-2-3-5-11(10)21-13(12)16-15(18)20/h9H,2-8H2,1H3,(H,16,20). The lowest BCUT2D eigenvalue weighted by Gasteiger charge is -2.15. The number of aryl methyl sites for hydroxylation is 2. The van der Waals surface area contributed by atoms with E-state index in [9.17, 15) is 4.79 Å². The predicted molar refractivity (Wildman–Crippen MR) is 89.1 cm³/mol. The summed E-state index contributed by atoms with van der Waals surface area (Å²) in [5.41, 5.74) is 1.42. The van der Waals surface area contributed by atoms with Gasteiger partial charge in [0.15, 0.2) is 4.77 Å². The molecule has 0 aromatic carbocycles. The van der Waals surface area contributed by atoms with Crippen LogP contribution >= 0.6 is 23.6 Å². The molecule has 1 atom stereocenters. The van der Waals surface area contributed by atoms with Gasteiger partial charge in [-0.3, -0.25) is 9.36 Å². The van der Waals surface area contributed by atoms with E-state index in [0.717, 1.165) is 42.6 Å². The second kappa shape index (κ2) is 5.04. The molecular weight excluding hydrogens is 302 g/mol. The molecule has 1 aliphatic carbocycles. The van der Waals surface area contributed by atoms with Gasteiger partial charge in [0.25, 0.3) is 5.56 Å². The monoisotopic (exact) mass is 321 g/mol. The molecule has 1 fully saturated rings. The molecule has 112 valence electrons. The number of thiophene rings is 1. The Bertz CT molecular complexity index is 817. The third-order valence-corrected chi connectivity index (χ3v) is 6.28. The van der Waals surface area contributed by atoms with E-state index in [0.29, 0.717) is 4.77 Å². The number of aromatic nitrogens is 2. The Kier molecular flexibility index (Phi) is 3.28. The van der Waals surface area contributed by atoms with E-state index in [1.54, 1.807) is 11.3 Å². The molecule has 0 bridgehead atoms. The van der Waals surface area contributed by atoms with Crippen molar-refractivity contribution in [1.29, 1.82) is 0 Å². The molecule has 1 N–H and O–H groups in total. The molecule has 4 rings (SSSR count). The minimum atomic E-state index is 0.133. The maximum atomic E-state index is 13.0. The first-order valence-corrected chi connectivity index (χ1v) is 8.85. The molecule has 1 saturated heterocycles. The Labute approximate surface area is 132 Å². The Morgan fingerprint density at radius 2 is 2.14 bits per heavy atom. The van der Waals surface area contributed by atoms with Gasteiger partial charge in [-0.1, -0.05) is 0 Å². The van der Waals surface area contributed by atoms with E-state index < -0.39 is 0 Å². The van der Waals surface area contributed by atoms with Crippen LogP contribution in [0, 0.1) is 4.77 Å². The maximum absolute atomic E-state index is 13.0. The van der Waals surface area contributed by atoms with Crippen molar-refractivity contribution in [2.45, 2.75) is 38.1 Å². The lowest BCUT2D eigenvalue weighted by atomic mass is 9.97. The fourth-order valence-corrected chi connectivity index (χ4v) is 5.38. The molecule has 6 heteroatoms. The molecule has 0 saturated carbocycles. The predicted octanol–water partition coefficient (Wildman–Crippen LogP) is 2.88. The average Bonchev–Trinajstić information content (AvgIpc) is 3.02. The summed E-state index contributed by atoms with van der Waals surface area (Å²) in [6.45, 7) is 1.95. The number of H-pyrrole nitrogens is 1. The smallest absolute Gasteiger partial charge is 0.263 e. The van der Waals surface area contributed by atoms with Gasteiger partial charge in [-0.2, -0.15) is 0 Å². The average molecular weight is 321 g/mol. The molecule has 3 heterocycles. The topological polar surface area (TPSA) is 41.0 Å². The number of nitrogens with zero attached hydrogens (tertiary/aromatic N) is 2. The first kappa shape index (κ1) is 13.7. The summed E-state index contributed by atoms with van der Waals surface area (Å²) in [6.07, 6.45) is 5.59. The highest BCUT2D eigenvalue weighted by atomic mass is 32.1. The molecular formula is C15H19N3OS2. The van der Waals surface area contributed by atoms with E-state index in [1.807, 2.05) is 4.57 Å². The second-order valence-electron chi connectivity index (χ2n) is 6.23. The van der Waals surface area contributed by atoms with Crippen LogP contribution in [0.4, 0.5) is 0 Å². The maximum Gasteiger partial charge on any atom is 0.263 e. The zero-order chi connectivity index (χ0) is 14.6. The van der Waals surface area contributed by atoms with Gasteiger partial charge in [0.05, 0.1) is 11.4 Å². The Morgan fingerprint density at radius 1 is 1.33 bits per heavy atom. The van der Waals surface area contributed by atoms with Crippen molar-refractivity contribution in [1.82, 2.24) is 14.5 Å². The zero-order valence-corrected chi connectivity index (χ0v) is 13.8. The normalized spacial score (nSPS) is 22.8. The molecule has 2 aromatic rings. The van der Waals surface area contributed by atoms with Crippen LogP contribution in [0.5, 0.6) is 0 Å². The number of hydrogen-bond acceptors (Lipinski definition) is 4. The van der Waals surface area contributed by atoms with Gasteiger partial charge in [-0.05, 0) is 63.5 Å². The highest BCUT2D eigenvalue weighted by Crippen LogP contribution is 2.34. The van der Waals surface area contributed by atoms with Crippen molar-refractivity contribution in [3.63, 3.8) is 0 Å². The lowest BCUT2D eigenvalue weighted by molar-refractivity contribution is 0.388. The first-order chi connectivity index (χ1) is 10.1. The third-order valence-electron chi connectivity index (χ3n) is 4.77. The third kappa shape index (κ3) is 2.12. The van der Waals surface area contributed by atoms with Gasteiger partial charge in [0, 0.05) is 11.4 Å². The molecule has 2 aliphatic rings. The van der Waals surface area contributed by atoms with Gasteiger partial charge >= 0.3 is 0 Å². The van der Waals surface area contributed by atoms with Crippen LogP contribution in [-0.2, 0) is 12.8 Å². The molecule has 1 unspecified atom stereocenters. The summed E-state index contributed by atoms with van der Waals surface area (Å²) in [4.78, 5) is 21.0. The van der Waals surface area contributed by atoms with Gasteiger partial charge in [-0.15, -0.1) is 11.3 Å². The Hall–Kier alpha value is -0.980. The van der Waals surface area contributed by atoms with E-state index in [4.69, 9.17) is 12.2 Å².